The van der Waals surface area contributed by atoms with E-state index in [-0.39, 0.29) is 28.4 Å². The van der Waals surface area contributed by atoms with Gasteiger partial charge in [0.05, 0.1) is 24.0 Å². The zero-order chi connectivity index (χ0) is 24.8. The summed E-state index contributed by atoms with van der Waals surface area (Å²) in [4.78, 5) is 18.6. The second kappa shape index (κ2) is 9.29. The van der Waals surface area contributed by atoms with Gasteiger partial charge in [-0.15, -0.1) is 0 Å². The Kier molecular flexibility index (Phi) is 7.36. The first-order valence-corrected chi connectivity index (χ1v) is 15.7. The van der Waals surface area contributed by atoms with Crippen molar-refractivity contribution in [2.45, 2.75) is 118 Å². The van der Waals surface area contributed by atoms with Gasteiger partial charge in [0.1, 0.15) is 0 Å². The van der Waals surface area contributed by atoms with Gasteiger partial charge in [-0.25, -0.2) is 4.79 Å². The minimum Gasteiger partial charge on any atom is -0.462 e. The number of hydrogen-bond donors (Lipinski definition) is 0. The average Bonchev–Trinajstić information content (AvgIpc) is 3.18. The summed E-state index contributed by atoms with van der Waals surface area (Å²) in [5.74, 6) is -0.101. The number of hydrogen-bond acceptors (Lipinski definition) is 4. The van der Waals surface area contributed by atoms with E-state index in [9.17, 15) is 4.79 Å². The second-order valence-electron chi connectivity index (χ2n) is 12.5. The molecule has 184 valence electrons. The molecule has 1 aromatic rings. The maximum absolute atomic E-state index is 13.4. The third kappa shape index (κ3) is 5.29. The molecular formula is C28H45NO3Si. The quantitative estimate of drug-likeness (QED) is 0.311. The highest BCUT2D eigenvalue weighted by Crippen LogP contribution is 2.51. The fourth-order valence-corrected chi connectivity index (χ4v) is 6.24. The lowest BCUT2D eigenvalue weighted by Gasteiger charge is -2.45. The van der Waals surface area contributed by atoms with Crippen molar-refractivity contribution < 1.29 is 14.0 Å². The monoisotopic (exact) mass is 471 g/mol. The molecule has 0 aromatic carbocycles. The van der Waals surface area contributed by atoms with Crippen LogP contribution < -0.4 is 0 Å². The largest absolute Gasteiger partial charge is 0.462 e. The van der Waals surface area contributed by atoms with Crippen molar-refractivity contribution in [3.05, 3.63) is 34.2 Å². The molecule has 0 saturated carbocycles. The van der Waals surface area contributed by atoms with Gasteiger partial charge < -0.3 is 9.16 Å². The van der Waals surface area contributed by atoms with Gasteiger partial charge in [-0.05, 0) is 74.1 Å². The molecule has 0 amide bonds. The first-order valence-electron chi connectivity index (χ1n) is 12.8. The molecule has 0 aliphatic heterocycles. The zero-order valence-corrected chi connectivity index (χ0v) is 23.6. The van der Waals surface area contributed by atoms with E-state index >= 15 is 0 Å². The molecule has 0 spiro atoms. The summed E-state index contributed by atoms with van der Waals surface area (Å²) in [6.07, 6.45) is 7.31. The average molecular weight is 472 g/mol. The Morgan fingerprint density at radius 1 is 1.27 bits per heavy atom. The number of aromatic nitrogens is 1. The molecule has 0 radical (unpaired) electrons. The summed E-state index contributed by atoms with van der Waals surface area (Å²) >= 11 is 0. The Balaban J connectivity index is 2.33. The van der Waals surface area contributed by atoms with E-state index in [4.69, 9.17) is 14.1 Å². The van der Waals surface area contributed by atoms with Crippen LogP contribution in [-0.2, 0) is 15.6 Å². The summed E-state index contributed by atoms with van der Waals surface area (Å²) in [5, 5.41) is 0.108. The van der Waals surface area contributed by atoms with Gasteiger partial charge in [0, 0.05) is 16.8 Å². The highest BCUT2D eigenvalue weighted by molar-refractivity contribution is 6.74. The van der Waals surface area contributed by atoms with E-state index in [1.54, 1.807) is 0 Å². The number of pyridine rings is 1. The number of carbonyl (C=O) groups is 1. The minimum atomic E-state index is -2.04. The van der Waals surface area contributed by atoms with Crippen LogP contribution >= 0.6 is 0 Å². The van der Waals surface area contributed by atoms with E-state index in [1.165, 1.54) is 11.1 Å². The van der Waals surface area contributed by atoms with Gasteiger partial charge in [-0.3, -0.25) is 4.98 Å². The van der Waals surface area contributed by atoms with Crippen LogP contribution in [0.25, 0.3) is 5.57 Å². The molecule has 2 aliphatic carbocycles. The van der Waals surface area contributed by atoms with Gasteiger partial charge in [0.2, 0.25) is 0 Å². The molecule has 1 atom stereocenters. The molecule has 3 rings (SSSR count). The predicted molar refractivity (Wildman–Crippen MR) is 139 cm³/mol. The summed E-state index contributed by atoms with van der Waals surface area (Å²) < 4.78 is 12.7. The lowest BCUT2D eigenvalue weighted by molar-refractivity contribution is 0.0522. The third-order valence-corrected chi connectivity index (χ3v) is 12.2. The van der Waals surface area contributed by atoms with Crippen LogP contribution in [0.2, 0.25) is 18.1 Å². The Labute approximate surface area is 202 Å². The van der Waals surface area contributed by atoms with Crippen LogP contribution in [0.1, 0.15) is 126 Å². The van der Waals surface area contributed by atoms with E-state index in [1.807, 2.05) is 6.92 Å². The number of carbonyl (C=O) groups excluding carboxylic acids is 1. The molecule has 1 unspecified atom stereocenters. The van der Waals surface area contributed by atoms with Crippen molar-refractivity contribution in [2.75, 3.05) is 6.61 Å². The number of esters is 1. The van der Waals surface area contributed by atoms with Crippen molar-refractivity contribution in [3.63, 3.8) is 0 Å². The number of fused-ring (bicyclic) bond motifs is 1. The summed E-state index contributed by atoms with van der Waals surface area (Å²) in [6, 6.07) is 0. The number of nitrogens with zero attached hydrogens (tertiary/aromatic N) is 1. The van der Waals surface area contributed by atoms with Crippen molar-refractivity contribution in [1.82, 2.24) is 4.98 Å². The van der Waals surface area contributed by atoms with Crippen LogP contribution in [-0.4, -0.2) is 25.9 Å². The van der Waals surface area contributed by atoms with Crippen LogP contribution in [0.4, 0.5) is 0 Å². The van der Waals surface area contributed by atoms with E-state index in [0.29, 0.717) is 12.2 Å². The van der Waals surface area contributed by atoms with Gasteiger partial charge in [-0.2, -0.15) is 0 Å². The Morgan fingerprint density at radius 2 is 1.94 bits per heavy atom. The number of rotatable bonds is 6. The van der Waals surface area contributed by atoms with Crippen LogP contribution in [0, 0.1) is 5.41 Å². The molecule has 0 bridgehead atoms. The number of ether oxygens (including phenoxy) is 1. The maximum atomic E-state index is 13.4. The molecular weight excluding hydrogens is 426 g/mol. The SMILES string of the molecule is CCOC(=O)c1c(C(C)C)nc2c(c1C1=CCCC1)C(O[Si](C)(C)C(C)(C)C)CC(C)(C)C2. The topological polar surface area (TPSA) is 48.4 Å². The van der Waals surface area contributed by atoms with E-state index in [0.717, 1.165) is 49.1 Å². The maximum Gasteiger partial charge on any atom is 0.340 e. The van der Waals surface area contributed by atoms with Crippen LogP contribution in [0.3, 0.4) is 0 Å². The Bertz CT molecular complexity index is 937. The fraction of sp³-hybridized carbons (Fsp3) is 0.714. The van der Waals surface area contributed by atoms with Crippen molar-refractivity contribution in [1.29, 1.82) is 0 Å². The van der Waals surface area contributed by atoms with Crippen molar-refractivity contribution >= 4 is 19.9 Å². The normalized spacial score (nSPS) is 20.6. The van der Waals surface area contributed by atoms with Crippen molar-refractivity contribution in [3.8, 4) is 0 Å². The summed E-state index contributed by atoms with van der Waals surface area (Å²) in [6.45, 7) is 22.7. The first-order chi connectivity index (χ1) is 15.2. The second-order valence-corrected chi connectivity index (χ2v) is 17.3. The summed E-state index contributed by atoms with van der Waals surface area (Å²) in [5.41, 5.74) is 6.30. The molecule has 5 heteroatoms. The van der Waals surface area contributed by atoms with Crippen LogP contribution in [0.15, 0.2) is 6.08 Å². The smallest absolute Gasteiger partial charge is 0.340 e. The van der Waals surface area contributed by atoms with Gasteiger partial charge >= 0.3 is 5.97 Å². The lowest BCUT2D eigenvalue weighted by Crippen LogP contribution is -2.44. The lowest BCUT2D eigenvalue weighted by atomic mass is 9.72. The highest BCUT2D eigenvalue weighted by Gasteiger charge is 2.45. The van der Waals surface area contributed by atoms with Crippen LogP contribution in [0.5, 0.6) is 0 Å². The molecule has 2 aliphatic rings. The third-order valence-electron chi connectivity index (χ3n) is 7.68. The number of allylic oxidation sites excluding steroid dienone is 2. The Hall–Kier alpha value is -1.46. The fourth-order valence-electron chi connectivity index (χ4n) is 4.97. The molecule has 0 saturated heterocycles. The highest BCUT2D eigenvalue weighted by atomic mass is 28.4. The van der Waals surface area contributed by atoms with Crippen molar-refractivity contribution in [2.24, 2.45) is 5.41 Å². The molecule has 1 heterocycles. The Morgan fingerprint density at radius 3 is 2.45 bits per heavy atom. The predicted octanol–water partition coefficient (Wildman–Crippen LogP) is 7.98. The zero-order valence-electron chi connectivity index (χ0n) is 22.6. The molecule has 0 N–H and O–H groups in total. The molecule has 33 heavy (non-hydrogen) atoms. The van der Waals surface area contributed by atoms with Gasteiger partial charge in [-0.1, -0.05) is 54.5 Å². The first kappa shape index (κ1) is 26.1. The molecule has 1 aromatic heterocycles. The van der Waals surface area contributed by atoms with E-state index in [2.05, 4.69) is 67.6 Å². The standard InChI is InChI=1S/C28H45NO3Si/c1-11-31-26(30)24-22(19-14-12-13-15-19)23-20(29-25(24)18(2)3)16-28(7,8)17-21(23)32-33(9,10)27(4,5)6/h14,18,21H,11-13,15-17H2,1-10H3. The summed E-state index contributed by atoms with van der Waals surface area (Å²) in [7, 11) is -2.04. The molecule has 4 nitrogen and oxygen atoms in total. The van der Waals surface area contributed by atoms with Gasteiger partial charge in [0.15, 0.2) is 8.32 Å². The minimum absolute atomic E-state index is 0.0527. The van der Waals surface area contributed by atoms with E-state index < -0.39 is 8.32 Å². The molecule has 0 fully saturated rings. The van der Waals surface area contributed by atoms with Gasteiger partial charge in [0.25, 0.3) is 0 Å².